The van der Waals surface area contributed by atoms with Gasteiger partial charge in [0.15, 0.2) is 11.4 Å². The van der Waals surface area contributed by atoms with E-state index in [4.69, 9.17) is 0 Å². The van der Waals surface area contributed by atoms with Crippen LogP contribution in [0.5, 0.6) is 0 Å². The highest BCUT2D eigenvalue weighted by Gasteiger charge is 2.41. The number of para-hydroxylation sites is 1. The molecule has 20 heavy (non-hydrogen) atoms. The lowest BCUT2D eigenvalue weighted by molar-refractivity contribution is -0.433. The van der Waals surface area contributed by atoms with E-state index in [1.54, 1.807) is 35.3 Å². The number of anilines is 1. The second-order valence-corrected chi connectivity index (χ2v) is 7.47. The number of benzene rings is 1. The minimum atomic E-state index is 0.129. The molecular weight excluding hydrogens is 308 g/mol. The van der Waals surface area contributed by atoms with Crippen molar-refractivity contribution in [1.29, 1.82) is 0 Å². The van der Waals surface area contributed by atoms with E-state index in [0.717, 1.165) is 20.9 Å². The van der Waals surface area contributed by atoms with E-state index in [-0.39, 0.29) is 5.91 Å². The predicted molar refractivity (Wildman–Crippen MR) is 89.6 cm³/mol. The van der Waals surface area contributed by atoms with Gasteiger partial charge in [-0.15, -0.1) is 4.58 Å². The van der Waals surface area contributed by atoms with E-state index in [0.29, 0.717) is 0 Å². The Morgan fingerprint density at radius 3 is 2.65 bits per heavy atom. The lowest BCUT2D eigenvalue weighted by atomic mass is 10.3. The molecule has 3 nitrogen and oxygen atoms in total. The molecular formula is C14H15N2OS3+. The number of amides is 1. The number of hydrogen-bond acceptors (Lipinski definition) is 5. The Balaban J connectivity index is 2.02. The normalized spacial score (nSPS) is 21.9. The molecule has 1 aromatic carbocycles. The summed E-state index contributed by atoms with van der Waals surface area (Å²) in [5.41, 5.74) is 1.18. The third-order valence-electron chi connectivity index (χ3n) is 3.27. The average Bonchev–Trinajstić information content (AvgIpc) is 2.97. The summed E-state index contributed by atoms with van der Waals surface area (Å²) in [5, 5.41) is 1.05. The molecule has 0 radical (unpaired) electrons. The van der Waals surface area contributed by atoms with Crippen LogP contribution >= 0.6 is 35.3 Å². The van der Waals surface area contributed by atoms with Crippen molar-refractivity contribution < 1.29 is 9.37 Å². The smallest absolute Gasteiger partial charge is 0.337 e. The van der Waals surface area contributed by atoms with Crippen molar-refractivity contribution in [2.45, 2.75) is 11.8 Å². The molecule has 0 unspecified atom stereocenters. The second-order valence-electron chi connectivity index (χ2n) is 4.38. The number of carbonyl (C=O) groups excluding carboxylic acids is 1. The summed E-state index contributed by atoms with van der Waals surface area (Å²) in [7, 11) is 2.03. The Kier molecular flexibility index (Phi) is 3.88. The number of nitrogens with zero attached hydrogens (tertiary/aromatic N) is 2. The monoisotopic (exact) mass is 323 g/mol. The van der Waals surface area contributed by atoms with E-state index in [9.17, 15) is 4.79 Å². The Labute approximate surface area is 131 Å². The van der Waals surface area contributed by atoms with Crippen LogP contribution in [0.2, 0.25) is 0 Å². The van der Waals surface area contributed by atoms with Gasteiger partial charge in [-0.2, -0.15) is 0 Å². The summed E-state index contributed by atoms with van der Waals surface area (Å²) in [6.07, 6.45) is 2.02. The van der Waals surface area contributed by atoms with Gasteiger partial charge in [0.1, 0.15) is 5.03 Å². The molecule has 2 heterocycles. The zero-order valence-electron chi connectivity index (χ0n) is 11.5. The van der Waals surface area contributed by atoms with Gasteiger partial charge in [-0.25, -0.2) is 4.79 Å². The van der Waals surface area contributed by atoms with E-state index < -0.39 is 0 Å². The van der Waals surface area contributed by atoms with Gasteiger partial charge in [-0.05, 0) is 25.3 Å². The largest absolute Gasteiger partial charge is 0.430 e. The third-order valence-corrected chi connectivity index (χ3v) is 6.92. The van der Waals surface area contributed by atoms with Crippen molar-refractivity contribution in [3.8, 4) is 0 Å². The van der Waals surface area contributed by atoms with Gasteiger partial charge in [0.2, 0.25) is 0 Å². The van der Waals surface area contributed by atoms with Crippen molar-refractivity contribution in [3.63, 3.8) is 0 Å². The van der Waals surface area contributed by atoms with Gasteiger partial charge >= 0.3 is 5.91 Å². The van der Waals surface area contributed by atoms with Crippen LogP contribution in [0.1, 0.15) is 6.92 Å². The molecule has 0 aliphatic carbocycles. The summed E-state index contributed by atoms with van der Waals surface area (Å²) >= 11 is 4.92. The lowest BCUT2D eigenvalue weighted by Gasteiger charge is -2.13. The van der Waals surface area contributed by atoms with Crippen LogP contribution < -0.4 is 4.90 Å². The molecule has 3 rings (SSSR count). The van der Waals surface area contributed by atoms with Gasteiger partial charge in [0.05, 0.1) is 5.69 Å². The SMILES string of the molecule is CC[N+]1=C(SC)S/C(=C2\Sc3ccccc3N2C)C1=O. The van der Waals surface area contributed by atoms with Crippen LogP contribution in [0, 0.1) is 0 Å². The number of hydrogen-bond donors (Lipinski definition) is 0. The van der Waals surface area contributed by atoms with Crippen molar-refractivity contribution in [1.82, 2.24) is 0 Å². The van der Waals surface area contributed by atoms with Gasteiger partial charge < -0.3 is 4.90 Å². The lowest BCUT2D eigenvalue weighted by Crippen LogP contribution is -2.21. The van der Waals surface area contributed by atoms with Gasteiger partial charge in [0.25, 0.3) is 4.38 Å². The Bertz CT molecular complexity index is 652. The van der Waals surface area contributed by atoms with Crippen LogP contribution in [0.3, 0.4) is 0 Å². The average molecular weight is 323 g/mol. The molecule has 0 saturated heterocycles. The molecule has 2 aliphatic heterocycles. The first-order valence-electron chi connectivity index (χ1n) is 6.33. The molecule has 0 N–H and O–H groups in total. The number of thioether (sulfide) groups is 3. The van der Waals surface area contributed by atoms with Gasteiger partial charge in [-0.3, -0.25) is 0 Å². The quantitative estimate of drug-likeness (QED) is 0.582. The third kappa shape index (κ3) is 2.10. The molecule has 0 aromatic heterocycles. The molecule has 1 amide bonds. The minimum absolute atomic E-state index is 0.129. The Morgan fingerprint density at radius 1 is 1.30 bits per heavy atom. The highest BCUT2D eigenvalue weighted by atomic mass is 32.2. The molecule has 0 spiro atoms. The fourth-order valence-corrected chi connectivity index (χ4v) is 5.52. The molecule has 0 atom stereocenters. The van der Waals surface area contributed by atoms with E-state index in [1.807, 2.05) is 36.9 Å². The van der Waals surface area contributed by atoms with Crippen LogP contribution in [0.4, 0.5) is 5.69 Å². The summed E-state index contributed by atoms with van der Waals surface area (Å²) < 4.78 is 2.93. The summed E-state index contributed by atoms with van der Waals surface area (Å²) in [5.74, 6) is 0.129. The first-order chi connectivity index (χ1) is 9.67. The van der Waals surface area contributed by atoms with Crippen LogP contribution in [-0.4, -0.2) is 34.7 Å². The molecule has 104 valence electrons. The molecule has 6 heteroatoms. The highest BCUT2D eigenvalue weighted by molar-refractivity contribution is 8.40. The summed E-state index contributed by atoms with van der Waals surface area (Å²) in [6.45, 7) is 2.74. The second kappa shape index (κ2) is 5.50. The highest BCUT2D eigenvalue weighted by Crippen LogP contribution is 2.49. The minimum Gasteiger partial charge on any atom is -0.337 e. The maximum absolute atomic E-state index is 12.6. The van der Waals surface area contributed by atoms with Crippen LogP contribution in [0.25, 0.3) is 0 Å². The fourth-order valence-electron chi connectivity index (χ4n) is 2.25. The fraction of sp³-hybridized carbons (Fsp3) is 0.286. The van der Waals surface area contributed by atoms with Crippen molar-refractivity contribution in [2.24, 2.45) is 0 Å². The van der Waals surface area contributed by atoms with E-state index in [2.05, 4.69) is 17.0 Å². The molecule has 0 fully saturated rings. The topological polar surface area (TPSA) is 23.3 Å². The Morgan fingerprint density at radius 2 is 2.05 bits per heavy atom. The summed E-state index contributed by atoms with van der Waals surface area (Å²) in [4.78, 5) is 16.7. The standard InChI is InChI=1S/C14H15N2OS3/c1-4-16-12(17)11(20-14(16)18-3)13-15(2)9-7-5-6-8-10(9)19-13/h5-8H,4H2,1-3H3/q+1/b13-11-. The number of rotatable bonds is 1. The number of carbonyl (C=O) groups is 1. The molecule has 2 aliphatic rings. The number of likely N-dealkylation sites (N-methyl/N-ethyl adjacent to an activating group) is 1. The maximum Gasteiger partial charge on any atom is 0.430 e. The van der Waals surface area contributed by atoms with E-state index >= 15 is 0 Å². The van der Waals surface area contributed by atoms with Crippen molar-refractivity contribution in [3.05, 3.63) is 34.2 Å². The number of fused-ring (bicyclic) bond motifs is 1. The van der Waals surface area contributed by atoms with Gasteiger partial charge in [-0.1, -0.05) is 35.7 Å². The summed E-state index contributed by atoms with van der Waals surface area (Å²) in [6, 6.07) is 8.27. The predicted octanol–water partition coefficient (Wildman–Crippen LogP) is 3.42. The van der Waals surface area contributed by atoms with Crippen LogP contribution in [0.15, 0.2) is 39.1 Å². The zero-order valence-corrected chi connectivity index (χ0v) is 14.0. The maximum atomic E-state index is 12.6. The first kappa shape index (κ1) is 14.1. The molecule has 0 saturated carbocycles. The molecule has 1 aromatic rings. The van der Waals surface area contributed by atoms with Crippen molar-refractivity contribution >= 4 is 51.3 Å². The van der Waals surface area contributed by atoms with Crippen LogP contribution in [-0.2, 0) is 4.79 Å². The molecule has 0 bridgehead atoms. The van der Waals surface area contributed by atoms with Gasteiger partial charge in [0, 0.05) is 23.7 Å². The first-order valence-corrected chi connectivity index (χ1v) is 9.18. The van der Waals surface area contributed by atoms with E-state index in [1.165, 1.54) is 10.6 Å². The van der Waals surface area contributed by atoms with Crippen molar-refractivity contribution in [2.75, 3.05) is 24.7 Å². The zero-order chi connectivity index (χ0) is 14.3. The Hall–Kier alpha value is -0.850.